The monoisotopic (exact) mass is 481 g/mol. The molecular formula is C24H28ClN7O2. The van der Waals surface area contributed by atoms with Gasteiger partial charge < -0.3 is 29.5 Å². The maximum absolute atomic E-state index is 6.07. The van der Waals surface area contributed by atoms with Crippen LogP contribution in [0.2, 0.25) is 5.15 Å². The zero-order valence-corrected chi connectivity index (χ0v) is 19.9. The summed E-state index contributed by atoms with van der Waals surface area (Å²) in [5.74, 6) is 1.93. The van der Waals surface area contributed by atoms with Gasteiger partial charge >= 0.3 is 0 Å². The third-order valence-corrected chi connectivity index (χ3v) is 6.15. The Morgan fingerprint density at radius 3 is 2.09 bits per heavy atom. The van der Waals surface area contributed by atoms with Gasteiger partial charge in [0.05, 0.1) is 26.4 Å². The van der Waals surface area contributed by atoms with E-state index in [4.69, 9.17) is 26.1 Å². The molecule has 1 N–H and O–H groups in total. The molecule has 3 aromatic rings. The number of pyridine rings is 1. The predicted molar refractivity (Wildman–Crippen MR) is 135 cm³/mol. The summed E-state index contributed by atoms with van der Waals surface area (Å²) in [6.45, 7) is 6.42. The van der Waals surface area contributed by atoms with Crippen LogP contribution in [0.15, 0.2) is 48.7 Å². The molecule has 0 bridgehead atoms. The third-order valence-electron chi connectivity index (χ3n) is 5.94. The largest absolute Gasteiger partial charge is 0.378 e. The van der Waals surface area contributed by atoms with Crippen LogP contribution < -0.4 is 20.0 Å². The quantitative estimate of drug-likeness (QED) is 0.530. The molecule has 9 nitrogen and oxygen atoms in total. The Hall–Kier alpha value is -3.14. The van der Waals surface area contributed by atoms with Crippen LogP contribution in [0.4, 0.5) is 34.6 Å². The van der Waals surface area contributed by atoms with Crippen molar-refractivity contribution < 1.29 is 9.47 Å². The van der Waals surface area contributed by atoms with Gasteiger partial charge in [0.15, 0.2) is 0 Å². The standard InChI is InChI=1S/C24H28ClN7O2/c1-30(22-4-2-3-21(25)28-22)23-5-6-26-24(29-23)27-18-15-19(31-7-11-33-12-8-31)17-20(16-18)32-9-13-34-14-10-32/h2-6,15-17H,7-14H2,1H3,(H,26,27,29). The number of morpholine rings is 2. The van der Waals surface area contributed by atoms with Crippen LogP contribution in [0.5, 0.6) is 0 Å². The Labute approximate surface area is 204 Å². The van der Waals surface area contributed by atoms with Gasteiger partial charge in [-0.1, -0.05) is 17.7 Å². The number of halogens is 1. The lowest BCUT2D eigenvalue weighted by Crippen LogP contribution is -2.38. The second kappa shape index (κ2) is 10.4. The Morgan fingerprint density at radius 2 is 1.47 bits per heavy atom. The molecule has 10 heteroatoms. The molecule has 0 amide bonds. The highest BCUT2D eigenvalue weighted by molar-refractivity contribution is 6.29. The van der Waals surface area contributed by atoms with E-state index in [2.05, 4.69) is 43.3 Å². The van der Waals surface area contributed by atoms with Gasteiger partial charge in [-0.15, -0.1) is 0 Å². The Bertz CT molecular complexity index is 1080. The summed E-state index contributed by atoms with van der Waals surface area (Å²) in [6.07, 6.45) is 1.74. The van der Waals surface area contributed by atoms with E-state index < -0.39 is 0 Å². The summed E-state index contributed by atoms with van der Waals surface area (Å²) in [5.41, 5.74) is 3.25. The van der Waals surface area contributed by atoms with Gasteiger partial charge in [0.2, 0.25) is 5.95 Å². The molecule has 2 aliphatic heterocycles. The smallest absolute Gasteiger partial charge is 0.229 e. The second-order valence-corrected chi connectivity index (χ2v) is 8.57. The van der Waals surface area contributed by atoms with E-state index in [0.29, 0.717) is 22.7 Å². The fourth-order valence-corrected chi connectivity index (χ4v) is 4.26. The van der Waals surface area contributed by atoms with Crippen LogP contribution in [0.25, 0.3) is 0 Å². The van der Waals surface area contributed by atoms with E-state index in [9.17, 15) is 0 Å². The molecule has 34 heavy (non-hydrogen) atoms. The highest BCUT2D eigenvalue weighted by Crippen LogP contribution is 2.31. The molecular weight excluding hydrogens is 454 g/mol. The van der Waals surface area contributed by atoms with Gasteiger partial charge in [-0.05, 0) is 36.4 Å². The first-order chi connectivity index (χ1) is 16.7. The zero-order chi connectivity index (χ0) is 23.3. The molecule has 4 heterocycles. The van der Waals surface area contributed by atoms with Crippen molar-refractivity contribution in [2.45, 2.75) is 0 Å². The maximum atomic E-state index is 6.07. The van der Waals surface area contributed by atoms with Crippen molar-refractivity contribution in [3.05, 3.63) is 53.8 Å². The topological polar surface area (TPSA) is 78.9 Å². The molecule has 2 fully saturated rings. The Balaban J connectivity index is 1.42. The van der Waals surface area contributed by atoms with E-state index in [-0.39, 0.29) is 0 Å². The van der Waals surface area contributed by atoms with Crippen molar-refractivity contribution in [2.75, 3.05) is 79.7 Å². The fourth-order valence-electron chi connectivity index (χ4n) is 4.10. The normalized spacial score (nSPS) is 16.4. The van der Waals surface area contributed by atoms with E-state index in [0.717, 1.165) is 69.7 Å². The van der Waals surface area contributed by atoms with Gasteiger partial charge in [0.25, 0.3) is 0 Å². The molecule has 2 aliphatic rings. The zero-order valence-electron chi connectivity index (χ0n) is 19.2. The van der Waals surface area contributed by atoms with E-state index in [1.807, 2.05) is 30.1 Å². The molecule has 0 spiro atoms. The molecule has 0 saturated carbocycles. The van der Waals surface area contributed by atoms with Gasteiger partial charge in [0, 0.05) is 56.5 Å². The Kier molecular flexibility index (Phi) is 6.94. The number of hydrogen-bond acceptors (Lipinski definition) is 9. The van der Waals surface area contributed by atoms with Crippen LogP contribution in [-0.2, 0) is 9.47 Å². The van der Waals surface area contributed by atoms with Crippen LogP contribution in [0.3, 0.4) is 0 Å². The number of ether oxygens (including phenoxy) is 2. The number of benzene rings is 1. The SMILES string of the molecule is CN(c1cccc(Cl)n1)c1ccnc(Nc2cc(N3CCOCC3)cc(N3CCOCC3)c2)n1. The van der Waals surface area contributed by atoms with Gasteiger partial charge in [-0.2, -0.15) is 4.98 Å². The number of anilines is 6. The van der Waals surface area contributed by atoms with E-state index in [1.54, 1.807) is 12.3 Å². The summed E-state index contributed by atoms with van der Waals surface area (Å²) in [4.78, 5) is 20.1. The minimum absolute atomic E-state index is 0.437. The van der Waals surface area contributed by atoms with Crippen LogP contribution >= 0.6 is 11.6 Å². The molecule has 0 atom stereocenters. The lowest BCUT2D eigenvalue weighted by molar-refractivity contribution is 0.122. The molecule has 2 saturated heterocycles. The lowest BCUT2D eigenvalue weighted by Gasteiger charge is -2.33. The number of nitrogens with one attached hydrogen (secondary N) is 1. The van der Waals surface area contributed by atoms with Crippen molar-refractivity contribution in [1.29, 1.82) is 0 Å². The molecule has 1 aromatic carbocycles. The van der Waals surface area contributed by atoms with Crippen molar-refractivity contribution in [2.24, 2.45) is 0 Å². The first-order valence-corrected chi connectivity index (χ1v) is 11.8. The summed E-state index contributed by atoms with van der Waals surface area (Å²) < 4.78 is 11.1. The van der Waals surface area contributed by atoms with Gasteiger partial charge in [-0.3, -0.25) is 0 Å². The first-order valence-electron chi connectivity index (χ1n) is 11.4. The second-order valence-electron chi connectivity index (χ2n) is 8.18. The van der Waals surface area contributed by atoms with E-state index >= 15 is 0 Å². The predicted octanol–water partition coefficient (Wildman–Crippen LogP) is 3.71. The maximum Gasteiger partial charge on any atom is 0.229 e. The average molecular weight is 482 g/mol. The summed E-state index contributed by atoms with van der Waals surface area (Å²) >= 11 is 6.07. The number of rotatable bonds is 6. The number of hydrogen-bond donors (Lipinski definition) is 1. The minimum atomic E-state index is 0.437. The molecule has 0 radical (unpaired) electrons. The fraction of sp³-hybridized carbons (Fsp3) is 0.375. The molecule has 0 unspecified atom stereocenters. The summed E-state index contributed by atoms with van der Waals surface area (Å²) in [6, 6.07) is 13.9. The van der Waals surface area contributed by atoms with Gasteiger partial charge in [-0.25, -0.2) is 9.97 Å². The van der Waals surface area contributed by atoms with Crippen LogP contribution in [0, 0.1) is 0 Å². The lowest BCUT2D eigenvalue weighted by atomic mass is 10.2. The average Bonchev–Trinajstić information content (AvgIpc) is 2.89. The molecule has 2 aromatic heterocycles. The first kappa shape index (κ1) is 22.6. The van der Waals surface area contributed by atoms with Crippen molar-refractivity contribution >= 4 is 46.2 Å². The number of nitrogens with zero attached hydrogens (tertiary/aromatic N) is 6. The molecule has 5 rings (SSSR count). The van der Waals surface area contributed by atoms with E-state index in [1.165, 1.54) is 0 Å². The van der Waals surface area contributed by atoms with Crippen molar-refractivity contribution in [3.8, 4) is 0 Å². The van der Waals surface area contributed by atoms with Crippen molar-refractivity contribution in [3.63, 3.8) is 0 Å². The van der Waals surface area contributed by atoms with Gasteiger partial charge in [0.1, 0.15) is 16.8 Å². The highest BCUT2D eigenvalue weighted by Gasteiger charge is 2.18. The van der Waals surface area contributed by atoms with Crippen molar-refractivity contribution in [1.82, 2.24) is 15.0 Å². The molecule has 178 valence electrons. The van der Waals surface area contributed by atoms with Crippen LogP contribution in [0.1, 0.15) is 0 Å². The Morgan fingerprint density at radius 1 is 0.853 bits per heavy atom. The minimum Gasteiger partial charge on any atom is -0.378 e. The third kappa shape index (κ3) is 5.32. The summed E-state index contributed by atoms with van der Waals surface area (Å²) in [5, 5.41) is 3.85. The molecule has 0 aliphatic carbocycles. The highest BCUT2D eigenvalue weighted by atomic mass is 35.5. The van der Waals surface area contributed by atoms with Crippen LogP contribution in [-0.4, -0.2) is 74.6 Å². The summed E-state index contributed by atoms with van der Waals surface area (Å²) in [7, 11) is 1.90. The number of aromatic nitrogens is 3.